The summed E-state index contributed by atoms with van der Waals surface area (Å²) in [5, 5.41) is 3.15. The fourth-order valence-electron chi connectivity index (χ4n) is 2.56. The highest BCUT2D eigenvalue weighted by Crippen LogP contribution is 2.34. The van der Waals surface area contributed by atoms with Crippen LogP contribution in [0.25, 0.3) is 0 Å². The molecule has 1 aliphatic rings. The molecule has 4 nitrogen and oxygen atoms in total. The van der Waals surface area contributed by atoms with Crippen LogP contribution in [0, 0.1) is 0 Å². The molecule has 106 valence electrons. The summed E-state index contributed by atoms with van der Waals surface area (Å²) >= 11 is 6.06. The first-order chi connectivity index (χ1) is 10.1. The fourth-order valence-corrected chi connectivity index (χ4v) is 2.75. The van der Waals surface area contributed by atoms with Crippen LogP contribution in [-0.4, -0.2) is 11.9 Å². The number of nitrogens with zero attached hydrogens (tertiary/aromatic N) is 1. The molecular formula is C16H14ClN3O. The summed E-state index contributed by atoms with van der Waals surface area (Å²) in [6, 6.07) is 16.9. The Labute approximate surface area is 127 Å². The lowest BCUT2D eigenvalue weighted by Crippen LogP contribution is -2.40. The summed E-state index contributed by atoms with van der Waals surface area (Å²) < 4.78 is 0. The first-order valence-corrected chi connectivity index (χ1v) is 6.95. The zero-order chi connectivity index (χ0) is 14.9. The molecule has 3 N–H and O–H groups in total. The summed E-state index contributed by atoms with van der Waals surface area (Å²) in [6.45, 7) is 0. The lowest BCUT2D eigenvalue weighted by atomic mass is 9.84. The molecule has 1 unspecified atom stereocenters. The molecule has 1 heterocycles. The first kappa shape index (κ1) is 13.6. The van der Waals surface area contributed by atoms with Gasteiger partial charge in [-0.05, 0) is 23.3 Å². The van der Waals surface area contributed by atoms with Gasteiger partial charge in [-0.1, -0.05) is 54.1 Å². The van der Waals surface area contributed by atoms with Crippen LogP contribution >= 0.6 is 11.6 Å². The number of hydrogen-bond donors (Lipinski definition) is 2. The molecule has 0 fully saturated rings. The van der Waals surface area contributed by atoms with E-state index in [9.17, 15) is 4.79 Å². The first-order valence-electron chi connectivity index (χ1n) is 6.57. The topological polar surface area (TPSA) is 67.5 Å². The molecule has 0 aliphatic carbocycles. The molecule has 0 bridgehead atoms. The summed E-state index contributed by atoms with van der Waals surface area (Å²) in [5.41, 5.74) is 6.39. The number of nitrogens with one attached hydrogen (secondary N) is 1. The van der Waals surface area contributed by atoms with E-state index in [1.165, 1.54) is 0 Å². The van der Waals surface area contributed by atoms with Gasteiger partial charge in [0.05, 0.1) is 0 Å². The van der Waals surface area contributed by atoms with Gasteiger partial charge in [0, 0.05) is 11.4 Å². The van der Waals surface area contributed by atoms with E-state index in [-0.39, 0.29) is 11.9 Å². The van der Waals surface area contributed by atoms with Gasteiger partial charge in [0.25, 0.3) is 5.91 Å². The second-order valence-electron chi connectivity index (χ2n) is 4.98. The van der Waals surface area contributed by atoms with Crippen LogP contribution in [0.15, 0.2) is 59.6 Å². The predicted octanol–water partition coefficient (Wildman–Crippen LogP) is 2.22. The molecule has 1 aliphatic heterocycles. The van der Waals surface area contributed by atoms with Gasteiger partial charge in [0.2, 0.25) is 0 Å². The molecule has 0 saturated carbocycles. The average molecular weight is 300 g/mol. The second-order valence-corrected chi connectivity index (χ2v) is 5.42. The number of halogens is 1. The van der Waals surface area contributed by atoms with Gasteiger partial charge in [0.1, 0.15) is 0 Å². The van der Waals surface area contributed by atoms with E-state index in [1.807, 2.05) is 42.5 Å². The van der Waals surface area contributed by atoms with Crippen LogP contribution in [-0.2, 0) is 16.8 Å². The zero-order valence-electron chi connectivity index (χ0n) is 11.2. The second kappa shape index (κ2) is 5.22. The molecule has 0 spiro atoms. The summed E-state index contributed by atoms with van der Waals surface area (Å²) in [6.07, 6.45) is 0.431. The SMILES string of the molecule is NC1=NC(Cc2ccccc2)(c2cccc(Cl)c2)C(=O)N1. The van der Waals surface area contributed by atoms with E-state index in [2.05, 4.69) is 10.3 Å². The summed E-state index contributed by atoms with van der Waals surface area (Å²) in [7, 11) is 0. The van der Waals surface area contributed by atoms with Crippen LogP contribution in [0.4, 0.5) is 0 Å². The summed E-state index contributed by atoms with van der Waals surface area (Å²) in [4.78, 5) is 16.9. The third-order valence-electron chi connectivity index (χ3n) is 3.53. The van der Waals surface area contributed by atoms with Gasteiger partial charge in [-0.25, -0.2) is 4.99 Å². The quantitative estimate of drug-likeness (QED) is 0.912. The minimum Gasteiger partial charge on any atom is -0.370 e. The third-order valence-corrected chi connectivity index (χ3v) is 3.77. The van der Waals surface area contributed by atoms with Gasteiger partial charge in [-0.15, -0.1) is 0 Å². The molecule has 0 aromatic heterocycles. The van der Waals surface area contributed by atoms with E-state index in [4.69, 9.17) is 17.3 Å². The van der Waals surface area contributed by atoms with Crippen molar-refractivity contribution in [2.45, 2.75) is 12.0 Å². The molecule has 2 aromatic rings. The van der Waals surface area contributed by atoms with Crippen molar-refractivity contribution in [3.05, 3.63) is 70.7 Å². The number of carbonyl (C=O) groups excluding carboxylic acids is 1. The van der Waals surface area contributed by atoms with Crippen molar-refractivity contribution >= 4 is 23.5 Å². The van der Waals surface area contributed by atoms with Gasteiger partial charge in [-0.2, -0.15) is 0 Å². The minimum absolute atomic E-state index is 0.135. The van der Waals surface area contributed by atoms with E-state index >= 15 is 0 Å². The maximum absolute atomic E-state index is 12.5. The molecule has 21 heavy (non-hydrogen) atoms. The highest BCUT2D eigenvalue weighted by Gasteiger charge is 2.44. The van der Waals surface area contributed by atoms with Crippen molar-refractivity contribution in [1.29, 1.82) is 0 Å². The monoisotopic (exact) mass is 299 g/mol. The van der Waals surface area contributed by atoms with Gasteiger partial charge >= 0.3 is 0 Å². The van der Waals surface area contributed by atoms with Crippen molar-refractivity contribution in [2.75, 3.05) is 0 Å². The number of hydrogen-bond acceptors (Lipinski definition) is 3. The van der Waals surface area contributed by atoms with Crippen LogP contribution in [0.3, 0.4) is 0 Å². The number of benzene rings is 2. The molecule has 2 aromatic carbocycles. The van der Waals surface area contributed by atoms with E-state index in [0.29, 0.717) is 11.4 Å². The maximum atomic E-state index is 12.5. The Kier molecular flexibility index (Phi) is 3.39. The molecule has 0 saturated heterocycles. The number of rotatable bonds is 3. The Balaban J connectivity index is 2.10. The average Bonchev–Trinajstić information content (AvgIpc) is 2.75. The molecule has 1 atom stereocenters. The number of carbonyl (C=O) groups is 1. The highest BCUT2D eigenvalue weighted by atomic mass is 35.5. The smallest absolute Gasteiger partial charge is 0.259 e. The summed E-state index contributed by atoms with van der Waals surface area (Å²) in [5.74, 6) is -0.0953. The standard InChI is InChI=1S/C16H14ClN3O/c17-13-8-4-7-12(9-13)16(14(21)19-15(18)20-16)10-11-5-2-1-3-6-11/h1-9H,10H2,(H3,18,19,20,21). The molecule has 1 amide bonds. The van der Waals surface area contributed by atoms with Crippen LogP contribution in [0.2, 0.25) is 5.02 Å². The van der Waals surface area contributed by atoms with Crippen molar-refractivity contribution in [1.82, 2.24) is 5.32 Å². The lowest BCUT2D eigenvalue weighted by Gasteiger charge is -2.24. The molecule has 0 radical (unpaired) electrons. The maximum Gasteiger partial charge on any atom is 0.259 e. The van der Waals surface area contributed by atoms with E-state index < -0.39 is 5.54 Å². The van der Waals surface area contributed by atoms with Gasteiger partial charge < -0.3 is 5.73 Å². The molecular weight excluding hydrogens is 286 g/mol. The largest absolute Gasteiger partial charge is 0.370 e. The Hall–Kier alpha value is -2.33. The van der Waals surface area contributed by atoms with Crippen molar-refractivity contribution in [3.63, 3.8) is 0 Å². The van der Waals surface area contributed by atoms with Gasteiger partial charge in [0.15, 0.2) is 11.5 Å². The van der Waals surface area contributed by atoms with E-state index in [0.717, 1.165) is 11.1 Å². The number of aliphatic imine (C=N–C) groups is 1. The number of nitrogens with two attached hydrogens (primary N) is 1. The highest BCUT2D eigenvalue weighted by molar-refractivity contribution is 6.30. The Bertz CT molecular complexity index is 714. The van der Waals surface area contributed by atoms with Crippen LogP contribution in [0.5, 0.6) is 0 Å². The number of guanidine groups is 1. The van der Waals surface area contributed by atoms with Crippen molar-refractivity contribution in [2.24, 2.45) is 10.7 Å². The van der Waals surface area contributed by atoms with Crippen molar-refractivity contribution in [3.8, 4) is 0 Å². The minimum atomic E-state index is -1.06. The molecule has 3 rings (SSSR count). The number of amides is 1. The Morgan fingerprint density at radius 1 is 1.14 bits per heavy atom. The Morgan fingerprint density at radius 3 is 2.52 bits per heavy atom. The van der Waals surface area contributed by atoms with E-state index in [1.54, 1.807) is 12.1 Å². The third kappa shape index (κ3) is 2.50. The van der Waals surface area contributed by atoms with Crippen LogP contribution < -0.4 is 11.1 Å². The van der Waals surface area contributed by atoms with Crippen LogP contribution in [0.1, 0.15) is 11.1 Å². The lowest BCUT2D eigenvalue weighted by molar-refractivity contribution is -0.124. The molecule has 5 heteroatoms. The Morgan fingerprint density at radius 2 is 1.90 bits per heavy atom. The fraction of sp³-hybridized carbons (Fsp3) is 0.125. The predicted molar refractivity (Wildman–Crippen MR) is 83.0 cm³/mol. The van der Waals surface area contributed by atoms with Gasteiger partial charge in [-0.3, -0.25) is 10.1 Å². The normalized spacial score (nSPS) is 21.0. The zero-order valence-corrected chi connectivity index (χ0v) is 12.0. The van der Waals surface area contributed by atoms with Crippen molar-refractivity contribution < 1.29 is 4.79 Å².